The van der Waals surface area contributed by atoms with Gasteiger partial charge < -0.3 is 14.5 Å². The van der Waals surface area contributed by atoms with Gasteiger partial charge in [0.15, 0.2) is 11.4 Å². The highest BCUT2D eigenvalue weighted by Gasteiger charge is 2.18. The van der Waals surface area contributed by atoms with E-state index in [4.69, 9.17) is 9.15 Å². The minimum atomic E-state index is -0.685. The summed E-state index contributed by atoms with van der Waals surface area (Å²) in [7, 11) is 3.12. The molecule has 0 bridgehead atoms. The summed E-state index contributed by atoms with van der Waals surface area (Å²) < 4.78 is 11.0. The summed E-state index contributed by atoms with van der Waals surface area (Å²) in [6.07, 6.45) is 0. The quantitative estimate of drug-likeness (QED) is 0.705. The first-order valence-corrected chi connectivity index (χ1v) is 8.48. The van der Waals surface area contributed by atoms with Gasteiger partial charge >= 0.3 is 11.7 Å². The van der Waals surface area contributed by atoms with Crippen molar-refractivity contribution in [3.8, 4) is 5.75 Å². The molecule has 3 rings (SSSR count). The summed E-state index contributed by atoms with van der Waals surface area (Å²) in [6.45, 7) is 1.30. The molecule has 0 unspecified atom stereocenters. The van der Waals surface area contributed by atoms with Crippen molar-refractivity contribution in [3.63, 3.8) is 0 Å². The number of methoxy groups -OCH3 is 1. The second-order valence-electron chi connectivity index (χ2n) is 5.51. The molecule has 0 saturated heterocycles. The number of nitrogens with one attached hydrogen (secondary N) is 1. The monoisotopic (exact) mass is 372 g/mol. The zero-order valence-corrected chi connectivity index (χ0v) is 15.2. The SMILES string of the molecule is COc1ccccc1NC(=O)N(C)c1cc2oc(=O)c(C(C)=O)cc2s1. The molecule has 26 heavy (non-hydrogen) atoms. The van der Waals surface area contributed by atoms with Gasteiger partial charge in [-0.05, 0) is 25.1 Å². The number of amides is 2. The number of benzene rings is 1. The predicted octanol–water partition coefficient (Wildman–Crippen LogP) is 3.73. The van der Waals surface area contributed by atoms with Crippen molar-refractivity contribution < 1.29 is 18.7 Å². The van der Waals surface area contributed by atoms with Gasteiger partial charge in [-0.2, -0.15) is 0 Å². The van der Waals surface area contributed by atoms with Crippen molar-refractivity contribution in [2.45, 2.75) is 6.92 Å². The Morgan fingerprint density at radius 1 is 1.23 bits per heavy atom. The van der Waals surface area contributed by atoms with Gasteiger partial charge in [-0.1, -0.05) is 12.1 Å². The van der Waals surface area contributed by atoms with E-state index in [1.54, 1.807) is 37.4 Å². The Morgan fingerprint density at radius 2 is 1.96 bits per heavy atom. The molecule has 2 heterocycles. The van der Waals surface area contributed by atoms with Crippen molar-refractivity contribution in [3.05, 3.63) is 52.4 Å². The van der Waals surface area contributed by atoms with E-state index in [1.807, 2.05) is 0 Å². The largest absolute Gasteiger partial charge is 0.495 e. The number of anilines is 2. The molecule has 0 saturated carbocycles. The van der Waals surface area contributed by atoms with Crippen molar-refractivity contribution in [2.75, 3.05) is 24.4 Å². The Labute approximate surface area is 152 Å². The van der Waals surface area contributed by atoms with Crippen LogP contribution in [-0.4, -0.2) is 26.0 Å². The van der Waals surface area contributed by atoms with Crippen LogP contribution in [0.2, 0.25) is 0 Å². The van der Waals surface area contributed by atoms with Crippen molar-refractivity contribution >= 4 is 44.1 Å². The van der Waals surface area contributed by atoms with E-state index in [-0.39, 0.29) is 17.4 Å². The number of carbonyl (C=O) groups excluding carboxylic acids is 2. The number of ether oxygens (including phenoxy) is 1. The molecule has 0 aliphatic carbocycles. The van der Waals surface area contributed by atoms with Crippen LogP contribution in [0.1, 0.15) is 17.3 Å². The standard InChI is InChI=1S/C18H16N2O5S/c1-10(21)11-8-15-14(25-17(11)22)9-16(26-15)20(2)18(23)19-12-6-4-5-7-13(12)24-3/h4-9H,1-3H3,(H,19,23). The predicted molar refractivity (Wildman–Crippen MR) is 101 cm³/mol. The molecule has 2 amide bonds. The highest BCUT2D eigenvalue weighted by Crippen LogP contribution is 2.32. The lowest BCUT2D eigenvalue weighted by Gasteiger charge is -2.17. The number of fused-ring (bicyclic) bond motifs is 1. The van der Waals surface area contributed by atoms with Gasteiger partial charge in [0.25, 0.3) is 0 Å². The normalized spacial score (nSPS) is 10.6. The van der Waals surface area contributed by atoms with Crippen molar-refractivity contribution in [1.29, 1.82) is 0 Å². The maximum absolute atomic E-state index is 12.5. The van der Waals surface area contributed by atoms with E-state index >= 15 is 0 Å². The zero-order valence-electron chi connectivity index (χ0n) is 14.4. The maximum Gasteiger partial charge on any atom is 0.347 e. The van der Waals surface area contributed by atoms with Crippen LogP contribution in [0, 0.1) is 0 Å². The molecule has 134 valence electrons. The molecule has 8 heteroatoms. The van der Waals surface area contributed by atoms with Gasteiger partial charge in [0.05, 0.1) is 17.5 Å². The van der Waals surface area contributed by atoms with Crippen LogP contribution in [0.15, 0.2) is 45.6 Å². The molecular formula is C18H16N2O5S. The third-order valence-corrected chi connectivity index (χ3v) is 4.91. The van der Waals surface area contributed by atoms with Crippen molar-refractivity contribution in [1.82, 2.24) is 0 Å². The van der Waals surface area contributed by atoms with Crippen LogP contribution in [0.4, 0.5) is 15.5 Å². The Bertz CT molecular complexity index is 1050. The number of hydrogen-bond acceptors (Lipinski definition) is 6. The first-order valence-electron chi connectivity index (χ1n) is 7.67. The summed E-state index contributed by atoms with van der Waals surface area (Å²) in [6, 6.07) is 9.77. The number of ketones is 1. The molecule has 0 spiro atoms. The van der Waals surface area contributed by atoms with Crippen LogP contribution in [-0.2, 0) is 0 Å². The second kappa shape index (κ2) is 7.01. The highest BCUT2D eigenvalue weighted by molar-refractivity contribution is 7.22. The topological polar surface area (TPSA) is 88.8 Å². The fraction of sp³-hybridized carbons (Fsp3) is 0.167. The highest BCUT2D eigenvalue weighted by atomic mass is 32.1. The summed E-state index contributed by atoms with van der Waals surface area (Å²) in [5.41, 5.74) is 0.179. The second-order valence-corrected chi connectivity index (χ2v) is 6.57. The summed E-state index contributed by atoms with van der Waals surface area (Å²) >= 11 is 1.24. The number of urea groups is 1. The van der Waals surface area contributed by atoms with Crippen LogP contribution < -0.4 is 20.6 Å². The van der Waals surface area contributed by atoms with E-state index in [0.717, 1.165) is 0 Å². The summed E-state index contributed by atoms with van der Waals surface area (Å²) in [4.78, 5) is 37.2. The van der Waals surface area contributed by atoms with Gasteiger partial charge in [-0.3, -0.25) is 9.69 Å². The van der Waals surface area contributed by atoms with E-state index < -0.39 is 5.63 Å². The van der Waals surface area contributed by atoms with E-state index in [9.17, 15) is 14.4 Å². The lowest BCUT2D eigenvalue weighted by Crippen LogP contribution is -2.30. The number of hydrogen-bond donors (Lipinski definition) is 1. The number of carbonyl (C=O) groups is 2. The Kier molecular flexibility index (Phi) is 4.77. The average molecular weight is 372 g/mol. The lowest BCUT2D eigenvalue weighted by atomic mass is 10.2. The number of Topliss-reactive ketones (excluding diaryl/α,β-unsaturated/α-hetero) is 1. The average Bonchev–Trinajstić information content (AvgIpc) is 3.03. The van der Waals surface area contributed by atoms with Crippen LogP contribution >= 0.6 is 11.3 Å². The van der Waals surface area contributed by atoms with Crippen LogP contribution in [0.5, 0.6) is 5.75 Å². The molecule has 1 N–H and O–H groups in total. The Balaban J connectivity index is 1.89. The molecule has 0 atom stereocenters. The fourth-order valence-electron chi connectivity index (χ4n) is 2.36. The maximum atomic E-state index is 12.5. The molecule has 7 nitrogen and oxygen atoms in total. The molecule has 0 aliphatic rings. The van der Waals surface area contributed by atoms with Crippen LogP contribution in [0.3, 0.4) is 0 Å². The van der Waals surface area contributed by atoms with Crippen LogP contribution in [0.25, 0.3) is 10.3 Å². The molecule has 0 fully saturated rings. The van der Waals surface area contributed by atoms with Gasteiger partial charge in [0, 0.05) is 13.1 Å². The third kappa shape index (κ3) is 3.31. The number of thiophene rings is 1. The summed E-state index contributed by atoms with van der Waals surface area (Å²) in [5.74, 6) is 0.181. The number of nitrogens with zero attached hydrogens (tertiary/aromatic N) is 1. The molecule has 0 radical (unpaired) electrons. The van der Waals surface area contributed by atoms with E-state index in [2.05, 4.69) is 5.32 Å². The Morgan fingerprint density at radius 3 is 2.65 bits per heavy atom. The third-order valence-electron chi connectivity index (χ3n) is 3.77. The smallest absolute Gasteiger partial charge is 0.347 e. The summed E-state index contributed by atoms with van der Waals surface area (Å²) in [5, 5.41) is 3.33. The first kappa shape index (κ1) is 17.7. The molecule has 1 aromatic carbocycles. The van der Waals surface area contributed by atoms with Gasteiger partial charge in [-0.15, -0.1) is 11.3 Å². The molecule has 3 aromatic rings. The van der Waals surface area contributed by atoms with Crippen molar-refractivity contribution in [2.24, 2.45) is 0 Å². The molecular weight excluding hydrogens is 356 g/mol. The lowest BCUT2D eigenvalue weighted by molar-refractivity contribution is 0.101. The van der Waals surface area contributed by atoms with E-state index in [1.165, 1.54) is 36.3 Å². The van der Waals surface area contributed by atoms with Gasteiger partial charge in [0.2, 0.25) is 0 Å². The fourth-order valence-corrected chi connectivity index (χ4v) is 3.35. The van der Waals surface area contributed by atoms with Gasteiger partial charge in [-0.25, -0.2) is 9.59 Å². The zero-order chi connectivity index (χ0) is 18.8. The van der Waals surface area contributed by atoms with E-state index in [0.29, 0.717) is 26.7 Å². The molecule has 2 aromatic heterocycles. The number of rotatable bonds is 4. The minimum Gasteiger partial charge on any atom is -0.495 e. The van der Waals surface area contributed by atoms with Gasteiger partial charge in [0.1, 0.15) is 16.3 Å². The Hall–Kier alpha value is -3.13. The number of para-hydroxylation sites is 2. The first-order chi connectivity index (χ1) is 12.4. The molecule has 0 aliphatic heterocycles. The minimum absolute atomic E-state index is 0.00738.